The summed E-state index contributed by atoms with van der Waals surface area (Å²) in [4.78, 5) is 14.1. The van der Waals surface area contributed by atoms with Crippen molar-refractivity contribution in [2.45, 2.75) is 12.5 Å². The van der Waals surface area contributed by atoms with Crippen LogP contribution < -0.4 is 10.6 Å². The number of likely N-dealkylation sites (N-methyl/N-ethyl adjacent to an activating group) is 1. The molecule has 0 bridgehead atoms. The molecule has 1 heterocycles. The molecule has 0 spiro atoms. The van der Waals surface area contributed by atoms with Crippen LogP contribution in [-0.4, -0.2) is 43.5 Å². The van der Waals surface area contributed by atoms with Gasteiger partial charge >= 0.3 is 0 Å². The Bertz CT molecular complexity index is 424. The van der Waals surface area contributed by atoms with Gasteiger partial charge in [0.2, 0.25) is 5.91 Å². The molecule has 1 aliphatic rings. The van der Waals surface area contributed by atoms with Crippen LogP contribution in [0.15, 0.2) is 24.3 Å². The number of hydrogen-bond acceptors (Lipinski definition) is 3. The number of halogens is 1. The van der Waals surface area contributed by atoms with Crippen molar-refractivity contribution in [3.8, 4) is 0 Å². The lowest BCUT2D eigenvalue weighted by Crippen LogP contribution is -2.34. The van der Waals surface area contributed by atoms with Crippen molar-refractivity contribution >= 4 is 34.2 Å². The topological polar surface area (TPSA) is 44.4 Å². The standard InChI is InChI=1S/C13H18IN3O/c1-15-12-5-6-17(8-12)9-13(18)16-11-4-2-3-10(14)7-11/h2-4,7,12,15H,5-6,8-9H2,1H3,(H,16,18). The molecule has 1 saturated heterocycles. The Hall–Kier alpha value is -0.660. The predicted molar refractivity (Wildman–Crippen MR) is 81.7 cm³/mol. The molecule has 18 heavy (non-hydrogen) atoms. The first-order valence-corrected chi connectivity index (χ1v) is 7.20. The summed E-state index contributed by atoms with van der Waals surface area (Å²) >= 11 is 2.24. The number of anilines is 1. The van der Waals surface area contributed by atoms with E-state index in [2.05, 4.69) is 38.1 Å². The van der Waals surface area contributed by atoms with Crippen molar-refractivity contribution in [2.24, 2.45) is 0 Å². The first-order valence-electron chi connectivity index (χ1n) is 6.12. The van der Waals surface area contributed by atoms with Gasteiger partial charge in [-0.15, -0.1) is 0 Å². The molecule has 1 amide bonds. The lowest BCUT2D eigenvalue weighted by molar-refractivity contribution is -0.117. The van der Waals surface area contributed by atoms with Gasteiger partial charge in [0, 0.05) is 28.4 Å². The lowest BCUT2D eigenvalue weighted by atomic mass is 10.3. The van der Waals surface area contributed by atoms with Crippen molar-refractivity contribution in [2.75, 3.05) is 32.0 Å². The third-order valence-corrected chi connectivity index (χ3v) is 3.83. The fourth-order valence-corrected chi connectivity index (χ4v) is 2.72. The molecular formula is C13H18IN3O. The molecule has 1 aliphatic heterocycles. The number of nitrogens with zero attached hydrogens (tertiary/aromatic N) is 1. The van der Waals surface area contributed by atoms with Gasteiger partial charge < -0.3 is 10.6 Å². The minimum Gasteiger partial charge on any atom is -0.325 e. The predicted octanol–water partition coefficient (Wildman–Crippen LogP) is 1.52. The molecule has 1 aromatic rings. The summed E-state index contributed by atoms with van der Waals surface area (Å²) in [5, 5.41) is 6.19. The molecule has 0 aliphatic carbocycles. The third kappa shape index (κ3) is 3.93. The van der Waals surface area contributed by atoms with Crippen LogP contribution in [0, 0.1) is 3.57 Å². The van der Waals surface area contributed by atoms with E-state index in [4.69, 9.17) is 0 Å². The summed E-state index contributed by atoms with van der Waals surface area (Å²) in [6, 6.07) is 8.37. The Kier molecular flexibility index (Phi) is 4.96. The van der Waals surface area contributed by atoms with Gasteiger partial charge in [0.1, 0.15) is 0 Å². The highest BCUT2D eigenvalue weighted by Crippen LogP contribution is 2.13. The van der Waals surface area contributed by atoms with E-state index < -0.39 is 0 Å². The average Bonchev–Trinajstić information content (AvgIpc) is 2.76. The highest BCUT2D eigenvalue weighted by atomic mass is 127. The molecule has 5 heteroatoms. The van der Waals surface area contributed by atoms with Crippen LogP contribution in [0.4, 0.5) is 5.69 Å². The maximum Gasteiger partial charge on any atom is 0.238 e. The van der Waals surface area contributed by atoms with Crippen LogP contribution in [0.1, 0.15) is 6.42 Å². The summed E-state index contributed by atoms with van der Waals surface area (Å²) in [7, 11) is 1.97. The maximum absolute atomic E-state index is 11.9. The van der Waals surface area contributed by atoms with Crippen molar-refractivity contribution in [3.63, 3.8) is 0 Å². The van der Waals surface area contributed by atoms with Gasteiger partial charge in [-0.05, 0) is 54.3 Å². The average molecular weight is 359 g/mol. The normalized spacial score (nSPS) is 20.0. The number of hydrogen-bond donors (Lipinski definition) is 2. The first-order chi connectivity index (χ1) is 8.67. The Morgan fingerprint density at radius 2 is 2.39 bits per heavy atom. The van der Waals surface area contributed by atoms with Crippen molar-refractivity contribution in [3.05, 3.63) is 27.8 Å². The molecule has 98 valence electrons. The first kappa shape index (κ1) is 13.8. The lowest BCUT2D eigenvalue weighted by Gasteiger charge is -2.15. The van der Waals surface area contributed by atoms with E-state index >= 15 is 0 Å². The zero-order valence-corrected chi connectivity index (χ0v) is 12.6. The molecule has 0 radical (unpaired) electrons. The number of nitrogens with one attached hydrogen (secondary N) is 2. The molecule has 2 N–H and O–H groups in total. The van der Waals surface area contributed by atoms with Crippen LogP contribution in [0.25, 0.3) is 0 Å². The van der Waals surface area contributed by atoms with Gasteiger partial charge in [-0.25, -0.2) is 0 Å². The minimum absolute atomic E-state index is 0.0637. The van der Waals surface area contributed by atoms with E-state index in [1.807, 2.05) is 31.3 Å². The zero-order chi connectivity index (χ0) is 13.0. The van der Waals surface area contributed by atoms with Gasteiger partial charge in [-0.1, -0.05) is 6.07 Å². The van der Waals surface area contributed by atoms with Gasteiger partial charge in [0.05, 0.1) is 6.54 Å². The fourth-order valence-electron chi connectivity index (χ4n) is 2.18. The second-order valence-corrected chi connectivity index (χ2v) is 5.81. The fraction of sp³-hybridized carbons (Fsp3) is 0.462. The number of carbonyl (C=O) groups is 1. The van der Waals surface area contributed by atoms with E-state index in [0.717, 1.165) is 28.8 Å². The van der Waals surface area contributed by atoms with Crippen LogP contribution in [0.3, 0.4) is 0 Å². The van der Waals surface area contributed by atoms with Crippen LogP contribution in [-0.2, 0) is 4.79 Å². The van der Waals surface area contributed by atoms with Gasteiger partial charge in [-0.3, -0.25) is 9.69 Å². The van der Waals surface area contributed by atoms with E-state index in [0.29, 0.717) is 12.6 Å². The number of benzene rings is 1. The molecule has 1 aromatic carbocycles. The van der Waals surface area contributed by atoms with Gasteiger partial charge in [0.15, 0.2) is 0 Å². The molecule has 1 unspecified atom stereocenters. The molecule has 1 atom stereocenters. The summed E-state index contributed by atoms with van der Waals surface area (Å²) in [5.41, 5.74) is 0.872. The summed E-state index contributed by atoms with van der Waals surface area (Å²) in [6.07, 6.45) is 1.12. The molecule has 0 saturated carbocycles. The van der Waals surface area contributed by atoms with Crippen LogP contribution in [0.2, 0.25) is 0 Å². The number of carbonyl (C=O) groups excluding carboxylic acids is 1. The SMILES string of the molecule is CNC1CCN(CC(=O)Nc2cccc(I)c2)C1. The summed E-state index contributed by atoms with van der Waals surface area (Å²) < 4.78 is 1.13. The maximum atomic E-state index is 11.9. The Morgan fingerprint density at radius 3 is 3.06 bits per heavy atom. The smallest absolute Gasteiger partial charge is 0.238 e. The van der Waals surface area contributed by atoms with E-state index in [1.165, 1.54) is 0 Å². The number of amides is 1. The number of likely N-dealkylation sites (tertiary alicyclic amines) is 1. The summed E-state index contributed by atoms with van der Waals surface area (Å²) in [5.74, 6) is 0.0637. The van der Waals surface area contributed by atoms with Crippen molar-refractivity contribution in [1.82, 2.24) is 10.2 Å². The van der Waals surface area contributed by atoms with E-state index in [9.17, 15) is 4.79 Å². The summed E-state index contributed by atoms with van der Waals surface area (Å²) in [6.45, 7) is 2.42. The quantitative estimate of drug-likeness (QED) is 0.802. The second-order valence-electron chi connectivity index (χ2n) is 4.57. The van der Waals surface area contributed by atoms with Crippen molar-refractivity contribution in [1.29, 1.82) is 0 Å². The van der Waals surface area contributed by atoms with Gasteiger partial charge in [0.25, 0.3) is 0 Å². The van der Waals surface area contributed by atoms with Crippen molar-refractivity contribution < 1.29 is 4.79 Å². The highest BCUT2D eigenvalue weighted by molar-refractivity contribution is 14.1. The van der Waals surface area contributed by atoms with E-state index in [1.54, 1.807) is 0 Å². The Balaban J connectivity index is 1.82. The number of rotatable bonds is 4. The highest BCUT2D eigenvalue weighted by Gasteiger charge is 2.22. The van der Waals surface area contributed by atoms with Gasteiger partial charge in [-0.2, -0.15) is 0 Å². The molecule has 1 fully saturated rings. The third-order valence-electron chi connectivity index (χ3n) is 3.16. The molecule has 2 rings (SSSR count). The molecule has 4 nitrogen and oxygen atoms in total. The van der Waals surface area contributed by atoms with E-state index in [-0.39, 0.29) is 5.91 Å². The largest absolute Gasteiger partial charge is 0.325 e. The molecular weight excluding hydrogens is 341 g/mol. The monoisotopic (exact) mass is 359 g/mol. The Labute approximate surface area is 121 Å². The molecule has 0 aromatic heterocycles. The second kappa shape index (κ2) is 6.49. The van der Waals surface area contributed by atoms with Crippen LogP contribution >= 0.6 is 22.6 Å². The minimum atomic E-state index is 0.0637. The Morgan fingerprint density at radius 1 is 1.56 bits per heavy atom. The zero-order valence-electron chi connectivity index (χ0n) is 10.4. The van der Waals surface area contributed by atoms with Crippen LogP contribution in [0.5, 0.6) is 0 Å².